The van der Waals surface area contributed by atoms with Crippen LogP contribution in [0.15, 0.2) is 95.2 Å². The predicted octanol–water partition coefficient (Wildman–Crippen LogP) is 9.85. The van der Waals surface area contributed by atoms with Crippen molar-refractivity contribution in [3.8, 4) is 5.75 Å². The van der Waals surface area contributed by atoms with Gasteiger partial charge < -0.3 is 20.4 Å². The van der Waals surface area contributed by atoms with Crippen molar-refractivity contribution in [1.82, 2.24) is 0 Å². The second-order valence-corrected chi connectivity index (χ2v) is 11.0. The molecule has 0 radical (unpaired) electrons. The molecule has 0 aliphatic heterocycles. The van der Waals surface area contributed by atoms with Crippen LogP contribution in [-0.4, -0.2) is 20.4 Å². The van der Waals surface area contributed by atoms with Gasteiger partial charge >= 0.3 is 0 Å². The third-order valence-electron chi connectivity index (χ3n) is 8.53. The fourth-order valence-corrected chi connectivity index (χ4v) is 5.64. The van der Waals surface area contributed by atoms with Crippen LogP contribution in [0, 0.1) is 0 Å². The van der Waals surface area contributed by atoms with E-state index >= 15 is 0 Å². The van der Waals surface area contributed by atoms with E-state index in [2.05, 4.69) is 37.8 Å². The lowest BCUT2D eigenvalue weighted by Gasteiger charge is -2.34. The molecule has 1 saturated carbocycles. The molecule has 2 aromatic rings. The largest absolute Gasteiger partial charge is 0.512 e. The molecule has 39 heavy (non-hydrogen) atoms. The Bertz CT molecular complexity index is 1320. The van der Waals surface area contributed by atoms with E-state index in [0.29, 0.717) is 28.2 Å². The molecule has 1 atom stereocenters. The fraction of sp³-hybridized carbons (Fsp3) is 0.371. The topological polar surface area (TPSA) is 80.9 Å². The molecule has 1 unspecified atom stereocenters. The van der Waals surface area contributed by atoms with Crippen LogP contribution in [0.25, 0.3) is 5.57 Å². The standard InChI is InChI=1S/C35H44O4/c1-8-29(20-32(26(6)38)22(2)24(4)36)35(7,31-18-19-34(39)33(21-31)23(3)25(5)37)30-16-14-28(15-17-30)27-12-10-9-11-13-27/h8,14-21,27,36-39H,6,9-13H2,1-5,7H3/b24-22-,25-23-,29-8+,32-20-. The number of aliphatic hydroxyl groups is 3. The Balaban J connectivity index is 2.29. The lowest BCUT2D eigenvalue weighted by atomic mass is 9.69. The summed E-state index contributed by atoms with van der Waals surface area (Å²) in [5, 5.41) is 41.5. The Kier molecular flexibility index (Phi) is 9.55. The van der Waals surface area contributed by atoms with E-state index in [1.165, 1.54) is 37.7 Å². The van der Waals surface area contributed by atoms with Gasteiger partial charge in [-0.05, 0) is 112 Å². The number of hydrogen-bond donors (Lipinski definition) is 4. The Morgan fingerprint density at radius 1 is 0.872 bits per heavy atom. The number of allylic oxidation sites excluding steroid dienone is 7. The van der Waals surface area contributed by atoms with Crippen LogP contribution in [0.4, 0.5) is 0 Å². The molecule has 0 spiro atoms. The van der Waals surface area contributed by atoms with Gasteiger partial charge in [0.1, 0.15) is 11.5 Å². The minimum absolute atomic E-state index is 0.0938. The molecule has 0 heterocycles. The van der Waals surface area contributed by atoms with Crippen LogP contribution in [0.2, 0.25) is 0 Å². The van der Waals surface area contributed by atoms with Crippen molar-refractivity contribution in [2.75, 3.05) is 0 Å². The molecule has 208 valence electrons. The smallest absolute Gasteiger partial charge is 0.123 e. The van der Waals surface area contributed by atoms with Crippen molar-refractivity contribution < 1.29 is 20.4 Å². The van der Waals surface area contributed by atoms with Gasteiger partial charge in [0.25, 0.3) is 0 Å². The summed E-state index contributed by atoms with van der Waals surface area (Å²) in [6.07, 6.45) is 10.2. The van der Waals surface area contributed by atoms with Crippen LogP contribution in [0.1, 0.15) is 102 Å². The summed E-state index contributed by atoms with van der Waals surface area (Å²) >= 11 is 0. The first-order valence-corrected chi connectivity index (χ1v) is 13.9. The number of hydrogen-bond acceptors (Lipinski definition) is 4. The van der Waals surface area contributed by atoms with Gasteiger partial charge in [0.2, 0.25) is 0 Å². The highest BCUT2D eigenvalue weighted by Gasteiger charge is 2.34. The van der Waals surface area contributed by atoms with Crippen LogP contribution >= 0.6 is 0 Å². The zero-order chi connectivity index (χ0) is 28.9. The van der Waals surface area contributed by atoms with Crippen molar-refractivity contribution in [3.05, 3.63) is 117 Å². The van der Waals surface area contributed by atoms with Gasteiger partial charge in [0.05, 0.1) is 11.5 Å². The van der Waals surface area contributed by atoms with E-state index < -0.39 is 5.41 Å². The predicted molar refractivity (Wildman–Crippen MR) is 162 cm³/mol. The number of benzene rings is 2. The summed E-state index contributed by atoms with van der Waals surface area (Å²) in [6, 6.07) is 14.3. The molecule has 0 bridgehead atoms. The second kappa shape index (κ2) is 12.5. The monoisotopic (exact) mass is 528 g/mol. The number of rotatable bonds is 8. The number of aliphatic hydroxyl groups excluding tert-OH is 3. The third kappa shape index (κ3) is 6.33. The van der Waals surface area contributed by atoms with Crippen LogP contribution in [-0.2, 0) is 5.41 Å². The summed E-state index contributed by atoms with van der Waals surface area (Å²) in [5.41, 5.74) is 5.67. The van der Waals surface area contributed by atoms with E-state index in [-0.39, 0.29) is 23.0 Å². The summed E-state index contributed by atoms with van der Waals surface area (Å²) < 4.78 is 0. The maximum Gasteiger partial charge on any atom is 0.123 e. The van der Waals surface area contributed by atoms with E-state index in [9.17, 15) is 20.4 Å². The molecule has 4 N–H and O–H groups in total. The van der Waals surface area contributed by atoms with Gasteiger partial charge in [0, 0.05) is 16.6 Å². The Morgan fingerprint density at radius 3 is 1.97 bits per heavy atom. The Labute approximate surface area is 234 Å². The van der Waals surface area contributed by atoms with E-state index in [1.54, 1.807) is 33.8 Å². The first-order chi connectivity index (χ1) is 18.4. The van der Waals surface area contributed by atoms with Gasteiger partial charge in [-0.15, -0.1) is 0 Å². The SMILES string of the molecule is C=C(O)C(=C\C(=C/C)C(C)(c1ccc(C2CCCCC2)cc1)c1ccc(O)c(/C(C)=C(/C)O)c1)/C(C)=C(/C)O. The lowest BCUT2D eigenvalue weighted by molar-refractivity contribution is 0.401. The lowest BCUT2D eigenvalue weighted by Crippen LogP contribution is -2.26. The summed E-state index contributed by atoms with van der Waals surface area (Å²) in [6.45, 7) is 14.6. The minimum atomic E-state index is -0.698. The van der Waals surface area contributed by atoms with E-state index in [0.717, 1.165) is 16.7 Å². The van der Waals surface area contributed by atoms with Gasteiger partial charge in [0.15, 0.2) is 0 Å². The molecule has 0 aromatic heterocycles. The molecule has 1 aliphatic carbocycles. The molecule has 0 amide bonds. The average molecular weight is 529 g/mol. The first kappa shape index (κ1) is 29.9. The number of aromatic hydroxyl groups is 1. The molecule has 4 heteroatoms. The third-order valence-corrected chi connectivity index (χ3v) is 8.53. The van der Waals surface area contributed by atoms with E-state index in [4.69, 9.17) is 0 Å². The maximum absolute atomic E-state index is 10.7. The average Bonchev–Trinajstić information content (AvgIpc) is 2.93. The van der Waals surface area contributed by atoms with Gasteiger partial charge in [-0.3, -0.25) is 0 Å². The molecule has 1 fully saturated rings. The molecule has 1 aliphatic rings. The van der Waals surface area contributed by atoms with Crippen LogP contribution in [0.5, 0.6) is 5.75 Å². The second-order valence-electron chi connectivity index (χ2n) is 11.0. The van der Waals surface area contributed by atoms with E-state index in [1.807, 2.05) is 31.2 Å². The first-order valence-electron chi connectivity index (χ1n) is 13.9. The Morgan fingerprint density at radius 2 is 1.46 bits per heavy atom. The van der Waals surface area contributed by atoms with Crippen molar-refractivity contribution in [2.24, 2.45) is 0 Å². The van der Waals surface area contributed by atoms with Crippen molar-refractivity contribution >= 4 is 5.57 Å². The highest BCUT2D eigenvalue weighted by molar-refractivity contribution is 5.72. The van der Waals surface area contributed by atoms with Gasteiger partial charge in [-0.2, -0.15) is 0 Å². The van der Waals surface area contributed by atoms with Crippen LogP contribution < -0.4 is 0 Å². The van der Waals surface area contributed by atoms with Crippen molar-refractivity contribution in [1.29, 1.82) is 0 Å². The van der Waals surface area contributed by atoms with Gasteiger partial charge in [-0.1, -0.05) is 62.2 Å². The summed E-state index contributed by atoms with van der Waals surface area (Å²) in [5.74, 6) is 0.805. The quantitative estimate of drug-likeness (QED) is 0.203. The molecular weight excluding hydrogens is 484 g/mol. The zero-order valence-corrected chi connectivity index (χ0v) is 24.3. The molecule has 0 saturated heterocycles. The summed E-state index contributed by atoms with van der Waals surface area (Å²) in [7, 11) is 0. The number of phenols is 1. The Hall–Kier alpha value is -3.66. The fourth-order valence-electron chi connectivity index (χ4n) is 5.64. The highest BCUT2D eigenvalue weighted by atomic mass is 16.3. The molecule has 3 rings (SSSR count). The van der Waals surface area contributed by atoms with Crippen molar-refractivity contribution in [3.63, 3.8) is 0 Å². The molecular formula is C35H44O4. The summed E-state index contributed by atoms with van der Waals surface area (Å²) in [4.78, 5) is 0. The van der Waals surface area contributed by atoms with Gasteiger partial charge in [-0.25, -0.2) is 0 Å². The minimum Gasteiger partial charge on any atom is -0.512 e. The molecule has 2 aromatic carbocycles. The molecule has 4 nitrogen and oxygen atoms in total. The van der Waals surface area contributed by atoms with Crippen LogP contribution in [0.3, 0.4) is 0 Å². The highest BCUT2D eigenvalue weighted by Crippen LogP contribution is 2.44. The zero-order valence-electron chi connectivity index (χ0n) is 24.3. The normalized spacial score (nSPS) is 18.2. The maximum atomic E-state index is 10.7. The number of phenolic OH excluding ortho intramolecular Hbond substituents is 1. The van der Waals surface area contributed by atoms with Crippen molar-refractivity contribution in [2.45, 2.75) is 85.0 Å².